The first-order chi connectivity index (χ1) is 19.5. The van der Waals surface area contributed by atoms with Crippen LogP contribution in [0.25, 0.3) is 11.0 Å². The summed E-state index contributed by atoms with van der Waals surface area (Å²) in [7, 11) is 0. The van der Waals surface area contributed by atoms with Crippen molar-refractivity contribution >= 4 is 33.3 Å². The fraction of sp³-hybridized carbons (Fsp3) is 0.200. The fourth-order valence-corrected chi connectivity index (χ4v) is 5.57. The van der Waals surface area contributed by atoms with Gasteiger partial charge in [-0.05, 0) is 54.8 Å². The number of halogens is 1. The number of carbonyl (C=O) groups is 1. The van der Waals surface area contributed by atoms with E-state index in [2.05, 4.69) is 10.2 Å². The number of ether oxygens (including phenoxy) is 2. The van der Waals surface area contributed by atoms with Crippen LogP contribution in [0.5, 0.6) is 11.5 Å². The lowest BCUT2D eigenvalue weighted by Gasteiger charge is -2.23. The van der Waals surface area contributed by atoms with Crippen molar-refractivity contribution in [3.63, 3.8) is 0 Å². The second-order valence-electron chi connectivity index (χ2n) is 9.14. The number of aryl methyl sites for hydroxylation is 1. The van der Waals surface area contributed by atoms with Crippen LogP contribution in [0.1, 0.15) is 52.1 Å². The van der Waals surface area contributed by atoms with Gasteiger partial charge in [-0.1, -0.05) is 54.7 Å². The van der Waals surface area contributed by atoms with Crippen molar-refractivity contribution in [3.05, 3.63) is 110 Å². The number of amides is 1. The summed E-state index contributed by atoms with van der Waals surface area (Å²) >= 11 is 1.26. The molecule has 40 heavy (non-hydrogen) atoms. The van der Waals surface area contributed by atoms with E-state index in [9.17, 15) is 14.0 Å². The molecule has 3 heterocycles. The molecular weight excluding hydrogens is 533 g/mol. The quantitative estimate of drug-likeness (QED) is 0.228. The number of hydrogen-bond acceptors (Lipinski definition) is 8. The average Bonchev–Trinajstić information content (AvgIpc) is 3.56. The highest BCUT2D eigenvalue weighted by molar-refractivity contribution is 7.15. The molecule has 1 aliphatic rings. The lowest BCUT2D eigenvalue weighted by Crippen LogP contribution is -2.29. The Kier molecular flexibility index (Phi) is 6.77. The minimum atomic E-state index is -0.897. The third-order valence-corrected chi connectivity index (χ3v) is 7.68. The van der Waals surface area contributed by atoms with Crippen LogP contribution in [-0.2, 0) is 13.0 Å². The Balaban J connectivity index is 1.49. The van der Waals surface area contributed by atoms with Crippen LogP contribution >= 0.6 is 11.3 Å². The minimum absolute atomic E-state index is 0.0535. The van der Waals surface area contributed by atoms with Gasteiger partial charge in [-0.15, -0.1) is 10.2 Å². The van der Waals surface area contributed by atoms with Gasteiger partial charge in [0.2, 0.25) is 10.9 Å². The normalized spacial score (nSPS) is 14.5. The third-order valence-electron chi connectivity index (χ3n) is 6.62. The first-order valence-electron chi connectivity index (χ1n) is 12.8. The van der Waals surface area contributed by atoms with Gasteiger partial charge in [0.25, 0.3) is 5.91 Å². The van der Waals surface area contributed by atoms with Gasteiger partial charge in [0.05, 0.1) is 23.6 Å². The first-order valence-corrected chi connectivity index (χ1v) is 13.7. The van der Waals surface area contributed by atoms with Gasteiger partial charge in [-0.3, -0.25) is 14.5 Å². The fourth-order valence-electron chi connectivity index (χ4n) is 4.76. The Morgan fingerprint density at radius 3 is 2.55 bits per heavy atom. The van der Waals surface area contributed by atoms with Crippen molar-refractivity contribution in [2.75, 3.05) is 11.5 Å². The van der Waals surface area contributed by atoms with Crippen molar-refractivity contribution in [1.82, 2.24) is 10.2 Å². The lowest BCUT2D eigenvalue weighted by molar-refractivity contribution is 0.0970. The molecule has 3 aromatic carbocycles. The molecule has 0 bridgehead atoms. The van der Waals surface area contributed by atoms with Crippen LogP contribution in [-0.4, -0.2) is 22.7 Å². The van der Waals surface area contributed by atoms with E-state index < -0.39 is 23.2 Å². The maximum Gasteiger partial charge on any atom is 0.297 e. The number of benzene rings is 3. The average molecular weight is 558 g/mol. The zero-order valence-electron chi connectivity index (χ0n) is 21.7. The van der Waals surface area contributed by atoms with Gasteiger partial charge in [0, 0.05) is 0 Å². The molecule has 0 aliphatic carbocycles. The topological polar surface area (TPSA) is 94.8 Å². The molecule has 8 nitrogen and oxygen atoms in total. The molecule has 0 radical (unpaired) electrons. The highest BCUT2D eigenvalue weighted by Gasteiger charge is 2.45. The third kappa shape index (κ3) is 4.50. The van der Waals surface area contributed by atoms with E-state index in [1.165, 1.54) is 28.4 Å². The summed E-state index contributed by atoms with van der Waals surface area (Å²) in [6.07, 6.45) is 0.638. The second-order valence-corrected chi connectivity index (χ2v) is 10.2. The molecule has 5 aromatic rings. The van der Waals surface area contributed by atoms with E-state index in [-0.39, 0.29) is 22.3 Å². The van der Waals surface area contributed by atoms with Gasteiger partial charge >= 0.3 is 0 Å². The summed E-state index contributed by atoms with van der Waals surface area (Å²) in [5.41, 5.74) is 1.33. The summed E-state index contributed by atoms with van der Waals surface area (Å²) in [6.45, 7) is 4.51. The van der Waals surface area contributed by atoms with Crippen LogP contribution < -0.4 is 19.8 Å². The summed E-state index contributed by atoms with van der Waals surface area (Å²) < 4.78 is 32.0. The maximum absolute atomic E-state index is 14.1. The van der Waals surface area contributed by atoms with Gasteiger partial charge in [0.1, 0.15) is 23.0 Å². The van der Waals surface area contributed by atoms with Gasteiger partial charge < -0.3 is 13.9 Å². The molecule has 6 rings (SSSR count). The van der Waals surface area contributed by atoms with Gasteiger partial charge in [-0.2, -0.15) is 0 Å². The number of hydrogen-bond donors (Lipinski definition) is 0. The molecule has 0 saturated heterocycles. The predicted molar refractivity (Wildman–Crippen MR) is 149 cm³/mol. The van der Waals surface area contributed by atoms with Crippen LogP contribution in [0.4, 0.5) is 9.52 Å². The SMILES string of the molecule is CCOc1cc(C2c3c(oc4ccc(F)cc4c3=O)C(=O)N2c2nnc(CC)s2)ccc1OCc1ccccc1. The van der Waals surface area contributed by atoms with E-state index >= 15 is 0 Å². The summed E-state index contributed by atoms with van der Waals surface area (Å²) in [5, 5.41) is 9.55. The van der Waals surface area contributed by atoms with Crippen LogP contribution in [0.2, 0.25) is 0 Å². The Bertz CT molecular complexity index is 1790. The molecule has 0 fully saturated rings. The zero-order chi connectivity index (χ0) is 27.8. The maximum atomic E-state index is 14.1. The molecule has 10 heteroatoms. The first kappa shape index (κ1) is 25.7. The lowest BCUT2D eigenvalue weighted by atomic mass is 9.98. The Morgan fingerprint density at radius 2 is 1.80 bits per heavy atom. The van der Waals surface area contributed by atoms with E-state index in [0.717, 1.165) is 16.6 Å². The number of aromatic nitrogens is 2. The summed E-state index contributed by atoms with van der Waals surface area (Å²) in [6, 6.07) is 17.8. The highest BCUT2D eigenvalue weighted by atomic mass is 32.1. The Labute approximate surface area is 232 Å². The van der Waals surface area contributed by atoms with Gasteiger partial charge in [0.15, 0.2) is 16.9 Å². The van der Waals surface area contributed by atoms with Crippen molar-refractivity contribution in [1.29, 1.82) is 0 Å². The molecule has 1 unspecified atom stereocenters. The Morgan fingerprint density at radius 1 is 0.975 bits per heavy atom. The van der Waals surface area contributed by atoms with Crippen LogP contribution in [0, 0.1) is 5.82 Å². The highest BCUT2D eigenvalue weighted by Crippen LogP contribution is 2.44. The van der Waals surface area contributed by atoms with E-state index in [4.69, 9.17) is 13.9 Å². The van der Waals surface area contributed by atoms with Crippen LogP contribution in [0.3, 0.4) is 0 Å². The molecule has 0 saturated carbocycles. The summed E-state index contributed by atoms with van der Waals surface area (Å²) in [4.78, 5) is 29.0. The van der Waals surface area contributed by atoms with E-state index in [1.54, 1.807) is 18.2 Å². The standard InChI is InChI=1S/C30H24FN3O5S/c1-3-24-32-33-30(40-24)34-26(25-27(35)20-15-19(31)11-13-21(20)39-28(25)29(34)36)18-10-12-22(23(14-18)37-4-2)38-16-17-8-6-5-7-9-17/h5-15,26H,3-4,16H2,1-2H3. The van der Waals surface area contributed by atoms with Crippen molar-refractivity contribution < 1.29 is 23.1 Å². The molecule has 1 amide bonds. The molecule has 0 N–H and O–H groups in total. The van der Waals surface area contributed by atoms with E-state index in [1.807, 2.05) is 44.2 Å². The number of anilines is 1. The number of rotatable bonds is 8. The van der Waals surface area contributed by atoms with Crippen molar-refractivity contribution in [3.8, 4) is 11.5 Å². The van der Waals surface area contributed by atoms with E-state index in [0.29, 0.717) is 41.8 Å². The molecule has 1 atom stereocenters. The van der Waals surface area contributed by atoms with Crippen LogP contribution in [0.15, 0.2) is 75.9 Å². The predicted octanol–water partition coefficient (Wildman–Crippen LogP) is 6.07. The minimum Gasteiger partial charge on any atom is -0.490 e. The molecule has 0 spiro atoms. The largest absolute Gasteiger partial charge is 0.490 e. The smallest absolute Gasteiger partial charge is 0.297 e. The number of nitrogens with zero attached hydrogens (tertiary/aromatic N) is 3. The number of fused-ring (bicyclic) bond motifs is 2. The second kappa shape index (κ2) is 10.5. The molecule has 1 aliphatic heterocycles. The van der Waals surface area contributed by atoms with Crippen molar-refractivity contribution in [2.24, 2.45) is 0 Å². The summed E-state index contributed by atoms with van der Waals surface area (Å²) in [5.74, 6) is -0.233. The Hall–Kier alpha value is -4.57. The zero-order valence-corrected chi connectivity index (χ0v) is 22.5. The van der Waals surface area contributed by atoms with Gasteiger partial charge in [-0.25, -0.2) is 4.39 Å². The molecular formula is C30H24FN3O5S. The molecule has 2 aromatic heterocycles. The molecule has 202 valence electrons. The monoisotopic (exact) mass is 557 g/mol. The van der Waals surface area contributed by atoms with Crippen molar-refractivity contribution in [2.45, 2.75) is 32.9 Å². The number of carbonyl (C=O) groups excluding carboxylic acids is 1.